The molecule has 41 heavy (non-hydrogen) atoms. The highest BCUT2D eigenvalue weighted by Gasteiger charge is 2.71. The molecule has 0 heterocycles. The number of benzene rings is 1. The van der Waals surface area contributed by atoms with Gasteiger partial charge in [-0.3, -0.25) is 0 Å². The molecule has 5 atom stereocenters. The number of hydrogen-bond acceptors (Lipinski definition) is 4. The molecule has 0 amide bonds. The summed E-state index contributed by atoms with van der Waals surface area (Å²) in [5.74, 6) is -1.43. The Balaban J connectivity index is 1.30. The number of aliphatic hydroxyl groups is 1. The summed E-state index contributed by atoms with van der Waals surface area (Å²) >= 11 is 0. The molecule has 1 aromatic rings. The van der Waals surface area contributed by atoms with E-state index in [1.165, 1.54) is 35.1 Å². The zero-order chi connectivity index (χ0) is 28.8. The second kappa shape index (κ2) is 9.25. The fraction of sp³-hybridized carbons (Fsp3) is 0.606. The molecular weight excluding hydrogens is 542 g/mol. The first-order chi connectivity index (χ1) is 19.5. The van der Waals surface area contributed by atoms with E-state index in [-0.39, 0.29) is 29.4 Å². The van der Waals surface area contributed by atoms with E-state index in [1.54, 1.807) is 5.92 Å². The summed E-state index contributed by atoms with van der Waals surface area (Å²) < 4.78 is 55.3. The Morgan fingerprint density at radius 2 is 1.76 bits per heavy atom. The minimum atomic E-state index is -3.61. The highest BCUT2D eigenvalue weighted by Crippen LogP contribution is 2.69. The van der Waals surface area contributed by atoms with Crippen LogP contribution >= 0.6 is 0 Å². The third-order valence-corrected chi connectivity index (χ3v) is 13.0. The topological polar surface area (TPSA) is 78.8 Å². The first-order valence-corrected chi connectivity index (χ1v) is 16.7. The Hall–Kier alpha value is -2.50. The fourth-order valence-electron chi connectivity index (χ4n) is 8.69. The van der Waals surface area contributed by atoms with Gasteiger partial charge in [0.1, 0.15) is 5.60 Å². The highest BCUT2D eigenvalue weighted by atomic mass is 32.2. The number of rotatable bonds is 6. The van der Waals surface area contributed by atoms with Crippen LogP contribution in [-0.2, 0) is 10.0 Å². The summed E-state index contributed by atoms with van der Waals surface area (Å²) in [7, 11) is -3.40. The molecule has 0 saturated heterocycles. The average Bonchev–Trinajstić information content (AvgIpc) is 3.88. The largest absolute Gasteiger partial charge is 0.382 e. The molecule has 2 N–H and O–H groups in total. The predicted molar refractivity (Wildman–Crippen MR) is 155 cm³/mol. The summed E-state index contributed by atoms with van der Waals surface area (Å²) in [6, 6.07) is 8.71. The number of hydrazone groups is 1. The van der Waals surface area contributed by atoms with Gasteiger partial charge in [-0.25, -0.2) is 13.2 Å². The van der Waals surface area contributed by atoms with Gasteiger partial charge < -0.3 is 5.11 Å². The Kier molecular flexibility index (Phi) is 6.17. The fourth-order valence-corrected chi connectivity index (χ4v) is 9.84. The molecule has 6 aliphatic carbocycles. The Morgan fingerprint density at radius 1 is 1.05 bits per heavy atom. The third-order valence-electron chi connectivity index (χ3n) is 11.3. The van der Waals surface area contributed by atoms with Crippen LogP contribution < -0.4 is 4.83 Å². The van der Waals surface area contributed by atoms with Crippen LogP contribution in [0.5, 0.6) is 0 Å². The van der Waals surface area contributed by atoms with Crippen molar-refractivity contribution >= 4 is 15.7 Å². The molecule has 4 saturated carbocycles. The van der Waals surface area contributed by atoms with Gasteiger partial charge in [0.05, 0.1) is 11.0 Å². The van der Waals surface area contributed by atoms with Gasteiger partial charge in [0.15, 0.2) is 0 Å². The van der Waals surface area contributed by atoms with Gasteiger partial charge in [-0.15, -0.1) is 6.42 Å². The number of terminal acetylenes is 1. The van der Waals surface area contributed by atoms with E-state index >= 15 is 8.78 Å². The number of sulfonamides is 1. The highest BCUT2D eigenvalue weighted by molar-refractivity contribution is 7.90. The van der Waals surface area contributed by atoms with Gasteiger partial charge in [0.2, 0.25) is 10.0 Å². The Bertz CT molecular complexity index is 1510. The molecule has 4 fully saturated rings. The standard InChI is InChI=1S/C33H38F2N2O3S/c1-3-33(34,35)32(38)17-16-29-27-14-10-23-18-24(36-37-41(39,40)25-12-13-25)11-15-26(23)30(27)28(19-31(29,32)2)22-8-6-21(7-9-22)20-4-5-20/h1,6-9,18,20,25,27-29,37-38H,4-5,10-17,19H2,2H3/b36-24+/t27-,28-,29-,31-,32-/m0/s1. The van der Waals surface area contributed by atoms with E-state index in [0.29, 0.717) is 38.0 Å². The van der Waals surface area contributed by atoms with E-state index < -0.39 is 27.0 Å². The van der Waals surface area contributed by atoms with Crippen molar-refractivity contribution in [1.29, 1.82) is 0 Å². The van der Waals surface area contributed by atoms with Crippen LogP contribution in [0.15, 0.2) is 52.2 Å². The van der Waals surface area contributed by atoms with Crippen LogP contribution in [0.1, 0.15) is 101 Å². The van der Waals surface area contributed by atoms with Crippen molar-refractivity contribution < 1.29 is 22.3 Å². The first-order valence-electron chi connectivity index (χ1n) is 15.2. The summed E-state index contributed by atoms with van der Waals surface area (Å²) in [5.41, 5.74) is 3.69. The third kappa shape index (κ3) is 4.25. The van der Waals surface area contributed by atoms with E-state index in [0.717, 1.165) is 30.5 Å². The number of alkyl halides is 2. The van der Waals surface area contributed by atoms with Gasteiger partial charge in [0, 0.05) is 11.3 Å². The van der Waals surface area contributed by atoms with Crippen molar-refractivity contribution in [3.05, 3.63) is 58.2 Å². The Labute approximate surface area is 241 Å². The van der Waals surface area contributed by atoms with Gasteiger partial charge >= 0.3 is 5.92 Å². The van der Waals surface area contributed by atoms with E-state index in [2.05, 4.69) is 34.2 Å². The van der Waals surface area contributed by atoms with Crippen LogP contribution in [0, 0.1) is 29.6 Å². The number of halogens is 2. The summed E-state index contributed by atoms with van der Waals surface area (Å²) in [6.45, 7) is 1.85. The molecule has 5 nitrogen and oxygen atoms in total. The second-order valence-corrected chi connectivity index (χ2v) is 15.5. The van der Waals surface area contributed by atoms with Crippen LogP contribution in [0.4, 0.5) is 8.78 Å². The zero-order valence-corrected chi connectivity index (χ0v) is 24.3. The van der Waals surface area contributed by atoms with E-state index in [4.69, 9.17) is 6.42 Å². The van der Waals surface area contributed by atoms with Crippen molar-refractivity contribution in [2.45, 2.75) is 106 Å². The van der Waals surface area contributed by atoms with Crippen LogP contribution in [0.25, 0.3) is 0 Å². The molecule has 6 aliphatic rings. The maximum Gasteiger partial charge on any atom is 0.336 e. The zero-order valence-electron chi connectivity index (χ0n) is 23.5. The SMILES string of the molecule is C#CC(F)(F)[C@]1(O)CC[C@H]2[C@@H]3CCC4=C/C(=N/NS(=O)(=O)C5CC5)CCC4=C3[C@H](c3ccc(C4CC4)cc3)C[C@@]21C. The van der Waals surface area contributed by atoms with Gasteiger partial charge in [-0.1, -0.05) is 36.8 Å². The lowest BCUT2D eigenvalue weighted by atomic mass is 9.50. The Morgan fingerprint density at radius 3 is 2.41 bits per heavy atom. The van der Waals surface area contributed by atoms with Crippen LogP contribution in [-0.4, -0.2) is 36.0 Å². The maximum atomic E-state index is 15.3. The van der Waals surface area contributed by atoms with Gasteiger partial charge in [-0.2, -0.15) is 13.9 Å². The second-order valence-electron chi connectivity index (χ2n) is 13.5. The monoisotopic (exact) mass is 580 g/mol. The minimum Gasteiger partial charge on any atom is -0.382 e. The molecule has 218 valence electrons. The number of nitrogens with one attached hydrogen (secondary N) is 1. The molecule has 1 aromatic carbocycles. The molecule has 0 aliphatic heterocycles. The van der Waals surface area contributed by atoms with Gasteiger partial charge in [-0.05, 0) is 123 Å². The van der Waals surface area contributed by atoms with Crippen LogP contribution in [0.2, 0.25) is 0 Å². The first kappa shape index (κ1) is 27.3. The minimum absolute atomic E-state index is 0.00153. The van der Waals surface area contributed by atoms with Crippen molar-refractivity contribution in [2.24, 2.45) is 22.4 Å². The number of allylic oxidation sites excluding steroid dienone is 4. The number of fused-ring (bicyclic) bond motifs is 4. The van der Waals surface area contributed by atoms with Crippen molar-refractivity contribution in [1.82, 2.24) is 4.83 Å². The predicted octanol–water partition coefficient (Wildman–Crippen LogP) is 6.33. The molecule has 0 spiro atoms. The lowest BCUT2D eigenvalue weighted by Gasteiger charge is -2.55. The van der Waals surface area contributed by atoms with Gasteiger partial charge in [0.25, 0.3) is 0 Å². The molecule has 8 heteroatoms. The normalized spacial score (nSPS) is 36.2. The molecule has 0 unspecified atom stereocenters. The van der Waals surface area contributed by atoms with Crippen LogP contribution in [0.3, 0.4) is 0 Å². The molecular formula is C33H38F2N2O3S. The smallest absolute Gasteiger partial charge is 0.336 e. The van der Waals surface area contributed by atoms with Crippen molar-refractivity contribution in [2.75, 3.05) is 0 Å². The number of hydrogen-bond donors (Lipinski definition) is 2. The molecule has 0 radical (unpaired) electrons. The summed E-state index contributed by atoms with van der Waals surface area (Å²) in [5, 5.41) is 15.7. The van der Waals surface area contributed by atoms with E-state index in [1.807, 2.05) is 13.0 Å². The molecule has 7 rings (SSSR count). The lowest BCUT2D eigenvalue weighted by Crippen LogP contribution is -2.60. The maximum absolute atomic E-state index is 15.3. The quantitative estimate of drug-likeness (QED) is 0.305. The van der Waals surface area contributed by atoms with Crippen molar-refractivity contribution in [3.8, 4) is 12.3 Å². The summed E-state index contributed by atoms with van der Waals surface area (Å²) in [6.07, 6.45) is 15.0. The van der Waals surface area contributed by atoms with Crippen molar-refractivity contribution in [3.63, 3.8) is 0 Å². The average molecular weight is 581 g/mol. The lowest BCUT2D eigenvalue weighted by molar-refractivity contribution is -0.209. The molecule has 0 aromatic heterocycles. The molecule has 0 bridgehead atoms. The number of nitrogens with zero attached hydrogens (tertiary/aromatic N) is 1. The van der Waals surface area contributed by atoms with E-state index in [9.17, 15) is 13.5 Å². The summed E-state index contributed by atoms with van der Waals surface area (Å²) in [4.78, 5) is 2.44.